The van der Waals surface area contributed by atoms with Crippen molar-refractivity contribution in [2.75, 3.05) is 26.2 Å². The molecule has 1 amide bonds. The van der Waals surface area contributed by atoms with Crippen molar-refractivity contribution >= 4 is 5.91 Å². The number of hydrogen-bond donors (Lipinski definition) is 1. The highest BCUT2D eigenvalue weighted by Crippen LogP contribution is 2.27. The van der Waals surface area contributed by atoms with Crippen LogP contribution in [0.15, 0.2) is 0 Å². The van der Waals surface area contributed by atoms with Crippen molar-refractivity contribution < 1.29 is 9.53 Å². The smallest absolute Gasteiger partial charge is 0.253 e. The van der Waals surface area contributed by atoms with Gasteiger partial charge in [0.05, 0.1) is 19.1 Å². The molecule has 1 saturated carbocycles. The third kappa shape index (κ3) is 2.71. The van der Waals surface area contributed by atoms with E-state index in [1.54, 1.807) is 0 Å². The molecule has 2 rings (SSSR count). The molecule has 88 valence electrons. The summed E-state index contributed by atoms with van der Waals surface area (Å²) in [4.78, 5) is 14.0. The van der Waals surface area contributed by atoms with E-state index in [1.165, 1.54) is 0 Å². The third-order valence-electron chi connectivity index (χ3n) is 2.94. The van der Waals surface area contributed by atoms with Crippen LogP contribution in [0.2, 0.25) is 0 Å². The first-order valence-corrected chi connectivity index (χ1v) is 5.82. The maximum Gasteiger partial charge on any atom is 0.253 e. The fourth-order valence-corrected chi connectivity index (χ4v) is 1.94. The van der Waals surface area contributed by atoms with Gasteiger partial charge in [0, 0.05) is 25.7 Å². The molecule has 1 aliphatic heterocycles. The van der Waals surface area contributed by atoms with Gasteiger partial charge in [0.1, 0.15) is 6.10 Å². The van der Waals surface area contributed by atoms with Crippen molar-refractivity contribution in [3.63, 3.8) is 0 Å². The molecule has 1 heterocycles. The van der Waals surface area contributed by atoms with E-state index >= 15 is 0 Å². The molecule has 5 nitrogen and oxygen atoms in total. The summed E-state index contributed by atoms with van der Waals surface area (Å²) in [6.07, 6.45) is 2.19. The molecule has 16 heavy (non-hydrogen) atoms. The standard InChI is InChI=1S/C11H17N3O2/c12-4-1-6-14(9-2-3-9)11(15)10-8-13-5-7-16-10/h9-10,13H,1-3,5-8H2. The second-order valence-corrected chi connectivity index (χ2v) is 4.23. The molecule has 0 aromatic rings. The minimum Gasteiger partial charge on any atom is -0.366 e. The summed E-state index contributed by atoms with van der Waals surface area (Å²) in [5.41, 5.74) is 0. The molecule has 0 radical (unpaired) electrons. The largest absolute Gasteiger partial charge is 0.366 e. The van der Waals surface area contributed by atoms with E-state index in [9.17, 15) is 4.79 Å². The van der Waals surface area contributed by atoms with E-state index in [1.807, 2.05) is 4.90 Å². The topological polar surface area (TPSA) is 65.4 Å². The number of amides is 1. The van der Waals surface area contributed by atoms with Gasteiger partial charge in [-0.3, -0.25) is 4.79 Å². The Morgan fingerprint density at radius 1 is 1.56 bits per heavy atom. The lowest BCUT2D eigenvalue weighted by atomic mass is 10.2. The second-order valence-electron chi connectivity index (χ2n) is 4.23. The van der Waals surface area contributed by atoms with E-state index in [-0.39, 0.29) is 12.0 Å². The predicted octanol–water partition coefficient (Wildman–Crippen LogP) is -0.121. The monoisotopic (exact) mass is 223 g/mol. The van der Waals surface area contributed by atoms with E-state index in [0.717, 1.165) is 19.4 Å². The molecule has 0 aromatic carbocycles. The fraction of sp³-hybridized carbons (Fsp3) is 0.818. The summed E-state index contributed by atoms with van der Waals surface area (Å²) in [5.74, 6) is 0.0463. The van der Waals surface area contributed by atoms with Crippen molar-refractivity contribution in [2.45, 2.75) is 31.4 Å². The Hall–Kier alpha value is -1.12. The van der Waals surface area contributed by atoms with Gasteiger partial charge in [-0.15, -0.1) is 0 Å². The Balaban J connectivity index is 1.90. The van der Waals surface area contributed by atoms with Crippen molar-refractivity contribution in [1.29, 1.82) is 5.26 Å². The Morgan fingerprint density at radius 2 is 2.38 bits per heavy atom. The first kappa shape index (κ1) is 11.4. The molecular weight excluding hydrogens is 206 g/mol. The lowest BCUT2D eigenvalue weighted by Gasteiger charge is -2.29. The highest BCUT2D eigenvalue weighted by Gasteiger charge is 2.36. The number of nitrogens with one attached hydrogen (secondary N) is 1. The molecule has 0 spiro atoms. The zero-order valence-electron chi connectivity index (χ0n) is 9.32. The van der Waals surface area contributed by atoms with Crippen LogP contribution in [0.25, 0.3) is 0 Å². The molecule has 1 aliphatic carbocycles. The average molecular weight is 223 g/mol. The average Bonchev–Trinajstić information content (AvgIpc) is 3.15. The molecule has 1 saturated heterocycles. The van der Waals surface area contributed by atoms with Crippen LogP contribution in [0.1, 0.15) is 19.3 Å². The fourth-order valence-electron chi connectivity index (χ4n) is 1.94. The Bertz CT molecular complexity index is 290. The van der Waals surface area contributed by atoms with E-state index in [4.69, 9.17) is 10.00 Å². The van der Waals surface area contributed by atoms with Crippen molar-refractivity contribution in [3.05, 3.63) is 0 Å². The molecule has 1 N–H and O–H groups in total. The molecular formula is C11H17N3O2. The summed E-state index contributed by atoms with van der Waals surface area (Å²) in [6.45, 7) is 2.53. The second kappa shape index (κ2) is 5.28. The summed E-state index contributed by atoms with van der Waals surface area (Å²) in [6, 6.07) is 2.44. The highest BCUT2D eigenvalue weighted by molar-refractivity contribution is 5.82. The number of carbonyl (C=O) groups excluding carboxylic acids is 1. The van der Waals surface area contributed by atoms with Gasteiger partial charge in [-0.25, -0.2) is 0 Å². The Kier molecular flexibility index (Phi) is 3.75. The minimum absolute atomic E-state index is 0.0463. The normalized spacial score (nSPS) is 24.8. The maximum absolute atomic E-state index is 12.1. The van der Waals surface area contributed by atoms with Crippen LogP contribution in [0.4, 0.5) is 0 Å². The lowest BCUT2D eigenvalue weighted by Crippen LogP contribution is -2.50. The van der Waals surface area contributed by atoms with Crippen LogP contribution in [0.5, 0.6) is 0 Å². The summed E-state index contributed by atoms with van der Waals surface area (Å²) in [5, 5.41) is 11.7. The van der Waals surface area contributed by atoms with Gasteiger partial charge in [-0.1, -0.05) is 0 Å². The molecule has 1 atom stereocenters. The number of ether oxygens (including phenoxy) is 1. The van der Waals surface area contributed by atoms with E-state index in [2.05, 4.69) is 11.4 Å². The third-order valence-corrected chi connectivity index (χ3v) is 2.94. The number of nitriles is 1. The maximum atomic E-state index is 12.1. The van der Waals surface area contributed by atoms with Gasteiger partial charge >= 0.3 is 0 Å². The van der Waals surface area contributed by atoms with Crippen molar-refractivity contribution in [3.8, 4) is 6.07 Å². The van der Waals surface area contributed by atoms with Crippen molar-refractivity contribution in [1.82, 2.24) is 10.2 Å². The molecule has 2 fully saturated rings. The van der Waals surface area contributed by atoms with Crippen LogP contribution in [0.3, 0.4) is 0 Å². The number of rotatable bonds is 4. The van der Waals surface area contributed by atoms with Gasteiger partial charge in [0.25, 0.3) is 5.91 Å². The first-order chi connectivity index (χ1) is 7.83. The zero-order valence-corrected chi connectivity index (χ0v) is 9.32. The Morgan fingerprint density at radius 3 is 2.94 bits per heavy atom. The van der Waals surface area contributed by atoms with Gasteiger partial charge in [-0.2, -0.15) is 5.26 Å². The van der Waals surface area contributed by atoms with Crippen molar-refractivity contribution in [2.24, 2.45) is 0 Å². The van der Waals surface area contributed by atoms with Crippen LogP contribution in [-0.2, 0) is 9.53 Å². The number of hydrogen-bond acceptors (Lipinski definition) is 4. The van der Waals surface area contributed by atoms with Crippen LogP contribution < -0.4 is 5.32 Å². The van der Waals surface area contributed by atoms with Gasteiger partial charge in [0.2, 0.25) is 0 Å². The molecule has 2 aliphatic rings. The first-order valence-electron chi connectivity index (χ1n) is 5.82. The van der Waals surface area contributed by atoms with E-state index < -0.39 is 0 Å². The molecule has 0 aromatic heterocycles. The van der Waals surface area contributed by atoms with Crippen LogP contribution in [0, 0.1) is 11.3 Å². The van der Waals surface area contributed by atoms with Gasteiger partial charge in [0.15, 0.2) is 0 Å². The van der Waals surface area contributed by atoms with Gasteiger partial charge in [-0.05, 0) is 12.8 Å². The lowest BCUT2D eigenvalue weighted by molar-refractivity contribution is -0.145. The SMILES string of the molecule is N#CCCN(C(=O)C1CNCCO1)C1CC1. The van der Waals surface area contributed by atoms with Crippen LogP contribution in [-0.4, -0.2) is 49.2 Å². The summed E-state index contributed by atoms with van der Waals surface area (Å²) < 4.78 is 5.44. The molecule has 5 heteroatoms. The summed E-state index contributed by atoms with van der Waals surface area (Å²) >= 11 is 0. The quantitative estimate of drug-likeness (QED) is 0.721. The zero-order chi connectivity index (χ0) is 11.4. The molecule has 1 unspecified atom stereocenters. The Labute approximate surface area is 95.4 Å². The van der Waals surface area contributed by atoms with E-state index in [0.29, 0.717) is 32.2 Å². The van der Waals surface area contributed by atoms with Gasteiger partial charge < -0.3 is 15.0 Å². The molecule has 0 bridgehead atoms. The summed E-state index contributed by atoms with van der Waals surface area (Å²) in [7, 11) is 0. The number of morpholine rings is 1. The number of nitrogens with zero attached hydrogens (tertiary/aromatic N) is 2. The highest BCUT2D eigenvalue weighted by atomic mass is 16.5. The van der Waals surface area contributed by atoms with Crippen LogP contribution >= 0.6 is 0 Å². The number of carbonyl (C=O) groups is 1. The predicted molar refractivity (Wildman–Crippen MR) is 57.6 cm³/mol. The minimum atomic E-state index is -0.354.